The molecule has 2 aromatic heterocycles. The van der Waals surface area contributed by atoms with E-state index in [0.29, 0.717) is 22.1 Å². The van der Waals surface area contributed by atoms with Crippen molar-refractivity contribution in [3.05, 3.63) is 93.3 Å². The molecule has 1 aliphatic rings. The predicted octanol–water partition coefficient (Wildman–Crippen LogP) is 6.42. The molecule has 3 heterocycles. The summed E-state index contributed by atoms with van der Waals surface area (Å²) < 4.78 is 17.1. The number of benzene rings is 3. The van der Waals surface area contributed by atoms with Crippen LogP contribution in [0.5, 0.6) is 11.5 Å². The van der Waals surface area contributed by atoms with Crippen LogP contribution in [0.3, 0.4) is 0 Å². The number of nitrogens with one attached hydrogen (secondary N) is 1. The summed E-state index contributed by atoms with van der Waals surface area (Å²) in [5.74, 6) is -0.271. The first-order valence-electron chi connectivity index (χ1n) is 16.9. The predicted molar refractivity (Wildman–Crippen MR) is 196 cm³/mol. The highest BCUT2D eigenvalue weighted by Gasteiger charge is 2.19. The van der Waals surface area contributed by atoms with E-state index in [9.17, 15) is 15.0 Å². The zero-order chi connectivity index (χ0) is 35.0. The Bertz CT molecular complexity index is 1920. The summed E-state index contributed by atoms with van der Waals surface area (Å²) in [6, 6.07) is 14.7. The van der Waals surface area contributed by atoms with Crippen LogP contribution < -0.4 is 14.8 Å². The maximum atomic E-state index is 11.5. The molecule has 1 saturated heterocycles. The number of ether oxygens (including phenoxy) is 2. The number of halogens is 2. The van der Waals surface area contributed by atoms with Gasteiger partial charge in [-0.1, -0.05) is 41.9 Å². The molecule has 0 bridgehead atoms. The number of nitrogens with zero attached hydrogens (tertiary/aromatic N) is 5. The van der Waals surface area contributed by atoms with Crippen LogP contribution in [0, 0.1) is 0 Å². The molecule has 0 radical (unpaired) electrons. The minimum atomic E-state index is -1.16. The Morgan fingerprint density at radius 2 is 1.74 bits per heavy atom. The summed E-state index contributed by atoms with van der Waals surface area (Å²) >= 11 is 10.6. The van der Waals surface area contributed by atoms with Gasteiger partial charge in [0.25, 0.3) is 0 Å². The zero-order valence-electron chi connectivity index (χ0n) is 28.0. The highest BCUT2D eigenvalue weighted by Crippen LogP contribution is 2.38. The third-order valence-electron chi connectivity index (χ3n) is 9.02. The molecular formula is C37H42BrClN6O5. The van der Waals surface area contributed by atoms with Crippen LogP contribution in [0.25, 0.3) is 22.0 Å². The number of unbranched alkanes of at least 4 members (excludes halogenated alkanes) is 1. The largest absolute Gasteiger partial charge is 0.488 e. The number of carboxylic acid groups (broad SMARTS) is 1. The molecule has 3 N–H and O–H groups in total. The average Bonchev–Trinajstić information content (AvgIpc) is 3.88. The zero-order valence-corrected chi connectivity index (χ0v) is 30.4. The number of aromatic nitrogens is 4. The van der Waals surface area contributed by atoms with E-state index < -0.39 is 18.6 Å². The van der Waals surface area contributed by atoms with E-state index in [4.69, 9.17) is 26.2 Å². The number of hydrogen-bond donors (Lipinski definition) is 3. The Labute approximate surface area is 304 Å². The van der Waals surface area contributed by atoms with Gasteiger partial charge in [0.2, 0.25) is 0 Å². The van der Waals surface area contributed by atoms with Crippen LogP contribution in [0.1, 0.15) is 42.4 Å². The molecular weight excluding hydrogens is 724 g/mol. The van der Waals surface area contributed by atoms with E-state index in [1.807, 2.05) is 31.6 Å². The minimum absolute atomic E-state index is 0.105. The molecule has 0 saturated carbocycles. The number of fused-ring (bicyclic) bond motifs is 1. The summed E-state index contributed by atoms with van der Waals surface area (Å²) in [7, 11) is 1.83. The van der Waals surface area contributed by atoms with Crippen molar-refractivity contribution < 1.29 is 24.5 Å². The number of likely N-dealkylation sites (tertiary alicyclic amines) is 1. The Hall–Kier alpha value is -3.94. The van der Waals surface area contributed by atoms with Crippen molar-refractivity contribution in [3.63, 3.8) is 0 Å². The van der Waals surface area contributed by atoms with Gasteiger partial charge in [-0.2, -0.15) is 10.2 Å². The molecule has 0 aliphatic carbocycles. The van der Waals surface area contributed by atoms with Crippen LogP contribution >= 0.6 is 27.5 Å². The van der Waals surface area contributed by atoms with Gasteiger partial charge in [-0.25, -0.2) is 0 Å². The second-order valence-electron chi connectivity index (χ2n) is 12.6. The normalized spacial score (nSPS) is 14.0. The maximum absolute atomic E-state index is 11.5. The summed E-state index contributed by atoms with van der Waals surface area (Å²) in [4.78, 5) is 14.0. The van der Waals surface area contributed by atoms with Gasteiger partial charge < -0.3 is 24.6 Å². The summed E-state index contributed by atoms with van der Waals surface area (Å²) in [5.41, 5.74) is 5.65. The summed E-state index contributed by atoms with van der Waals surface area (Å²) in [6.07, 6.45) is 10.4. The minimum Gasteiger partial charge on any atom is -0.488 e. The van der Waals surface area contributed by atoms with Gasteiger partial charge in [-0.15, -0.1) is 0 Å². The number of aliphatic carboxylic acids is 1. The fourth-order valence-corrected chi connectivity index (χ4v) is 7.14. The van der Waals surface area contributed by atoms with Crippen LogP contribution in [0.2, 0.25) is 5.02 Å². The maximum Gasteiger partial charge on any atom is 0.323 e. The number of rotatable bonds is 17. The topological polar surface area (TPSA) is 127 Å². The van der Waals surface area contributed by atoms with Crippen LogP contribution in [-0.4, -0.2) is 72.9 Å². The monoisotopic (exact) mass is 764 g/mol. The van der Waals surface area contributed by atoms with Crippen LogP contribution in [-0.2, 0) is 38.1 Å². The molecule has 3 aromatic carbocycles. The average molecular weight is 766 g/mol. The number of carboxylic acids is 1. The van der Waals surface area contributed by atoms with Crippen molar-refractivity contribution in [3.8, 4) is 22.6 Å². The quantitative estimate of drug-likeness (QED) is 0.0920. The van der Waals surface area contributed by atoms with Crippen LogP contribution in [0.4, 0.5) is 0 Å². The highest BCUT2D eigenvalue weighted by molar-refractivity contribution is 9.10. The lowest BCUT2D eigenvalue weighted by Gasteiger charge is -2.18. The van der Waals surface area contributed by atoms with Crippen molar-refractivity contribution in [1.29, 1.82) is 0 Å². The molecule has 1 aliphatic heterocycles. The van der Waals surface area contributed by atoms with Crippen molar-refractivity contribution >= 4 is 44.4 Å². The van der Waals surface area contributed by atoms with E-state index >= 15 is 0 Å². The van der Waals surface area contributed by atoms with Crippen LogP contribution in [0.15, 0.2) is 71.6 Å². The fraction of sp³-hybridized carbons (Fsp3) is 0.378. The third kappa shape index (κ3) is 8.67. The van der Waals surface area contributed by atoms with Crippen molar-refractivity contribution in [2.75, 3.05) is 26.2 Å². The number of carbonyl (C=O) groups is 1. The molecule has 0 amide bonds. The summed E-state index contributed by atoms with van der Waals surface area (Å²) in [6.45, 7) is 4.53. The van der Waals surface area contributed by atoms with E-state index in [0.717, 1.165) is 57.1 Å². The molecule has 1 fully saturated rings. The fourth-order valence-electron chi connectivity index (χ4n) is 6.30. The first-order chi connectivity index (χ1) is 24.3. The molecule has 1 atom stereocenters. The lowest BCUT2D eigenvalue weighted by atomic mass is 10.00. The van der Waals surface area contributed by atoms with E-state index in [-0.39, 0.29) is 19.8 Å². The Morgan fingerprint density at radius 1 is 0.980 bits per heavy atom. The number of hydrogen-bond acceptors (Lipinski definition) is 8. The Kier molecular flexibility index (Phi) is 12.1. The number of aryl methyl sites for hydroxylation is 2. The lowest BCUT2D eigenvalue weighted by molar-refractivity contribution is -0.140. The first kappa shape index (κ1) is 35.9. The van der Waals surface area contributed by atoms with Gasteiger partial charge in [0.05, 0.1) is 29.5 Å². The smallest absolute Gasteiger partial charge is 0.323 e. The van der Waals surface area contributed by atoms with Crippen molar-refractivity contribution in [1.82, 2.24) is 29.8 Å². The Balaban J connectivity index is 1.18. The number of aliphatic hydroxyl groups is 1. The Morgan fingerprint density at radius 3 is 2.50 bits per heavy atom. The standard InChI is InChI=1S/C37H42BrClN6O5/c1-43-21-25(18-41-43)23-49-34-17-35(31(39)16-27(34)19-40-32(22-46)37(47)48)50-24-26-8-6-10-29(36(26)38)28-9-7-11-33-30(28)20-42-45(33)15-5-4-14-44-12-2-3-13-44/h6-11,16-18,20-21,32,40,46H,2-5,12-15,19,22-24H2,1H3,(H,47,48). The molecule has 11 nitrogen and oxygen atoms in total. The van der Waals surface area contributed by atoms with Gasteiger partial charge in [0.1, 0.15) is 30.8 Å². The molecule has 0 spiro atoms. The van der Waals surface area contributed by atoms with Gasteiger partial charge in [0.15, 0.2) is 0 Å². The molecule has 1 unspecified atom stereocenters. The van der Waals surface area contributed by atoms with Crippen molar-refractivity contribution in [2.24, 2.45) is 7.05 Å². The van der Waals surface area contributed by atoms with E-state index in [2.05, 4.69) is 60.2 Å². The van der Waals surface area contributed by atoms with Crippen molar-refractivity contribution in [2.45, 2.75) is 58.0 Å². The van der Waals surface area contributed by atoms with E-state index in [1.54, 1.807) is 23.0 Å². The second-order valence-corrected chi connectivity index (χ2v) is 13.8. The van der Waals surface area contributed by atoms with Gasteiger partial charge in [-0.05, 0) is 84.5 Å². The molecule has 5 aromatic rings. The third-order valence-corrected chi connectivity index (χ3v) is 10.3. The molecule has 13 heteroatoms. The molecule has 264 valence electrons. The second kappa shape index (κ2) is 16.8. The number of aliphatic hydroxyl groups excluding tert-OH is 1. The first-order valence-corrected chi connectivity index (χ1v) is 18.0. The van der Waals surface area contributed by atoms with Gasteiger partial charge in [-0.3, -0.25) is 19.5 Å². The highest BCUT2D eigenvalue weighted by atomic mass is 79.9. The molecule has 6 rings (SSSR count). The van der Waals surface area contributed by atoms with Gasteiger partial charge in [0, 0.05) is 58.9 Å². The molecule has 50 heavy (non-hydrogen) atoms. The van der Waals surface area contributed by atoms with Gasteiger partial charge >= 0.3 is 5.97 Å². The SMILES string of the molecule is Cn1cc(COc2cc(OCc3cccc(-c4cccc5c4cnn5CCCCN4CCCC4)c3Br)c(Cl)cc2CNC(CO)C(=O)O)cn1. The summed E-state index contributed by atoms with van der Waals surface area (Å²) in [5, 5.41) is 32.1. The van der Waals surface area contributed by atoms with E-state index in [1.165, 1.54) is 32.4 Å². The lowest BCUT2D eigenvalue weighted by Crippen LogP contribution is -2.39.